The molecule has 2 atom stereocenters. The molecule has 96 valence electrons. The first kappa shape index (κ1) is 14.0. The van der Waals surface area contributed by atoms with Crippen LogP contribution in [0.5, 0.6) is 0 Å². The first-order valence-electron chi connectivity index (χ1n) is 7.05. The Morgan fingerprint density at radius 3 is 2.38 bits per heavy atom. The van der Waals surface area contributed by atoms with Crippen molar-refractivity contribution in [3.8, 4) is 0 Å². The largest absolute Gasteiger partial charge is 0.329 e. The minimum atomic E-state index is 0.273. The Kier molecular flexibility index (Phi) is 5.26. The average Bonchev–Trinajstić information content (AvgIpc) is 2.31. The normalized spacial score (nSPS) is 31.3. The summed E-state index contributed by atoms with van der Waals surface area (Å²) in [5, 5.41) is 0. The van der Waals surface area contributed by atoms with Crippen LogP contribution in [0.15, 0.2) is 0 Å². The van der Waals surface area contributed by atoms with Crippen LogP contribution in [0.25, 0.3) is 0 Å². The van der Waals surface area contributed by atoms with Gasteiger partial charge < -0.3 is 5.73 Å². The molecule has 2 N–H and O–H groups in total. The topological polar surface area (TPSA) is 29.3 Å². The van der Waals surface area contributed by atoms with Crippen LogP contribution in [0.3, 0.4) is 0 Å². The van der Waals surface area contributed by atoms with Crippen LogP contribution in [0.2, 0.25) is 0 Å². The van der Waals surface area contributed by atoms with Crippen molar-refractivity contribution < 1.29 is 0 Å². The molecule has 2 unspecified atom stereocenters. The lowest BCUT2D eigenvalue weighted by molar-refractivity contribution is -0.000108. The molecule has 1 saturated carbocycles. The number of nitrogens with two attached hydrogens (primary N) is 1. The van der Waals surface area contributed by atoms with Crippen molar-refractivity contribution in [3.05, 3.63) is 0 Å². The van der Waals surface area contributed by atoms with Gasteiger partial charge in [-0.25, -0.2) is 0 Å². The highest BCUT2D eigenvalue weighted by Crippen LogP contribution is 2.38. The zero-order valence-corrected chi connectivity index (χ0v) is 11.6. The van der Waals surface area contributed by atoms with Gasteiger partial charge in [0, 0.05) is 18.1 Å². The number of likely N-dealkylation sites (N-methyl/N-ethyl adjacent to an activating group) is 1. The highest BCUT2D eigenvalue weighted by Gasteiger charge is 2.42. The Bertz CT molecular complexity index is 201. The van der Waals surface area contributed by atoms with Gasteiger partial charge in [0.05, 0.1) is 0 Å². The van der Waals surface area contributed by atoms with Crippen molar-refractivity contribution in [2.45, 2.75) is 70.9 Å². The molecular weight excluding hydrogens is 196 g/mol. The summed E-state index contributed by atoms with van der Waals surface area (Å²) in [5.74, 6) is 0.747. The van der Waals surface area contributed by atoms with Crippen LogP contribution in [-0.2, 0) is 0 Å². The molecule has 0 aromatic carbocycles. The standard InChI is InChI=1S/C14H30N2/c1-5-13(6-2)16(4)14(11-15)10-8-7-9-12(14)3/h12-13H,5-11,15H2,1-4H3. The van der Waals surface area contributed by atoms with Gasteiger partial charge in [0.25, 0.3) is 0 Å². The third-order valence-electron chi connectivity index (χ3n) is 4.96. The van der Waals surface area contributed by atoms with E-state index in [1.165, 1.54) is 38.5 Å². The van der Waals surface area contributed by atoms with E-state index < -0.39 is 0 Å². The smallest absolute Gasteiger partial charge is 0.0357 e. The first-order chi connectivity index (χ1) is 7.62. The summed E-state index contributed by atoms with van der Waals surface area (Å²) in [6, 6.07) is 0.698. The van der Waals surface area contributed by atoms with E-state index in [0.29, 0.717) is 6.04 Å². The molecule has 2 heteroatoms. The van der Waals surface area contributed by atoms with Crippen LogP contribution in [0, 0.1) is 5.92 Å². The van der Waals surface area contributed by atoms with Crippen LogP contribution in [-0.4, -0.2) is 30.1 Å². The fourth-order valence-electron chi connectivity index (χ4n) is 3.57. The lowest BCUT2D eigenvalue weighted by Gasteiger charge is -2.51. The lowest BCUT2D eigenvalue weighted by Crippen LogP contribution is -2.60. The Balaban J connectivity index is 2.84. The van der Waals surface area contributed by atoms with E-state index >= 15 is 0 Å². The fraction of sp³-hybridized carbons (Fsp3) is 1.00. The van der Waals surface area contributed by atoms with Crippen LogP contribution in [0.1, 0.15) is 59.3 Å². The van der Waals surface area contributed by atoms with Crippen molar-refractivity contribution >= 4 is 0 Å². The van der Waals surface area contributed by atoms with E-state index in [0.717, 1.165) is 12.5 Å². The summed E-state index contributed by atoms with van der Waals surface area (Å²) in [6.07, 6.45) is 7.86. The minimum absolute atomic E-state index is 0.273. The highest BCUT2D eigenvalue weighted by molar-refractivity contribution is 4.98. The number of hydrogen-bond acceptors (Lipinski definition) is 2. The van der Waals surface area contributed by atoms with Gasteiger partial charge in [0.15, 0.2) is 0 Å². The number of hydrogen-bond donors (Lipinski definition) is 1. The molecule has 2 nitrogen and oxygen atoms in total. The van der Waals surface area contributed by atoms with E-state index in [4.69, 9.17) is 5.73 Å². The fourth-order valence-corrected chi connectivity index (χ4v) is 3.57. The van der Waals surface area contributed by atoms with Gasteiger partial charge in [0.1, 0.15) is 0 Å². The molecule has 0 aromatic rings. The number of nitrogens with zero attached hydrogens (tertiary/aromatic N) is 1. The second-order valence-corrected chi connectivity index (χ2v) is 5.54. The molecule has 1 rings (SSSR count). The Hall–Kier alpha value is -0.0800. The summed E-state index contributed by atoms with van der Waals surface area (Å²) >= 11 is 0. The third kappa shape index (κ3) is 2.43. The summed E-state index contributed by atoms with van der Waals surface area (Å²) in [7, 11) is 2.30. The quantitative estimate of drug-likeness (QED) is 0.781. The predicted molar refractivity (Wildman–Crippen MR) is 71.6 cm³/mol. The summed E-state index contributed by atoms with van der Waals surface area (Å²) in [4.78, 5) is 2.61. The van der Waals surface area contributed by atoms with Crippen molar-refractivity contribution in [1.82, 2.24) is 4.90 Å². The minimum Gasteiger partial charge on any atom is -0.329 e. The maximum Gasteiger partial charge on any atom is 0.0357 e. The van der Waals surface area contributed by atoms with Crippen molar-refractivity contribution in [3.63, 3.8) is 0 Å². The highest BCUT2D eigenvalue weighted by atomic mass is 15.2. The van der Waals surface area contributed by atoms with Crippen LogP contribution >= 0.6 is 0 Å². The molecule has 0 amide bonds. The predicted octanol–water partition coefficient (Wildman–Crippen LogP) is 3.01. The third-order valence-corrected chi connectivity index (χ3v) is 4.96. The molecule has 0 saturated heterocycles. The summed E-state index contributed by atoms with van der Waals surface area (Å²) in [5.41, 5.74) is 6.41. The maximum atomic E-state index is 6.14. The van der Waals surface area contributed by atoms with Gasteiger partial charge in [-0.15, -0.1) is 0 Å². The summed E-state index contributed by atoms with van der Waals surface area (Å²) in [6.45, 7) is 7.80. The molecule has 1 aliphatic rings. The SMILES string of the molecule is CCC(CC)N(C)C1(CN)CCCCC1C. The van der Waals surface area contributed by atoms with Gasteiger partial charge >= 0.3 is 0 Å². The van der Waals surface area contributed by atoms with Gasteiger partial charge in [-0.2, -0.15) is 0 Å². The molecule has 0 aliphatic heterocycles. The van der Waals surface area contributed by atoms with E-state index in [1.54, 1.807) is 0 Å². The Morgan fingerprint density at radius 1 is 1.31 bits per heavy atom. The van der Waals surface area contributed by atoms with E-state index in [-0.39, 0.29) is 5.54 Å². The van der Waals surface area contributed by atoms with Gasteiger partial charge in [-0.3, -0.25) is 4.90 Å². The molecule has 16 heavy (non-hydrogen) atoms. The molecule has 1 aliphatic carbocycles. The van der Waals surface area contributed by atoms with Crippen molar-refractivity contribution in [2.24, 2.45) is 11.7 Å². The van der Waals surface area contributed by atoms with Gasteiger partial charge in [0.2, 0.25) is 0 Å². The number of rotatable bonds is 5. The maximum absolute atomic E-state index is 6.14. The second-order valence-electron chi connectivity index (χ2n) is 5.54. The molecule has 0 heterocycles. The zero-order chi connectivity index (χ0) is 12.2. The molecule has 1 fully saturated rings. The molecular formula is C14H30N2. The average molecular weight is 226 g/mol. The Morgan fingerprint density at radius 2 is 1.94 bits per heavy atom. The van der Waals surface area contributed by atoms with E-state index in [2.05, 4.69) is 32.7 Å². The Labute approximate surface area is 102 Å². The second kappa shape index (κ2) is 6.02. The lowest BCUT2D eigenvalue weighted by atomic mass is 9.72. The molecule has 0 spiro atoms. The van der Waals surface area contributed by atoms with Crippen molar-refractivity contribution in [1.29, 1.82) is 0 Å². The molecule has 0 radical (unpaired) electrons. The monoisotopic (exact) mass is 226 g/mol. The van der Waals surface area contributed by atoms with E-state index in [9.17, 15) is 0 Å². The molecule has 0 bridgehead atoms. The van der Waals surface area contributed by atoms with Crippen molar-refractivity contribution in [2.75, 3.05) is 13.6 Å². The van der Waals surface area contributed by atoms with Crippen LogP contribution < -0.4 is 5.73 Å². The zero-order valence-electron chi connectivity index (χ0n) is 11.6. The summed E-state index contributed by atoms with van der Waals surface area (Å²) < 4.78 is 0. The van der Waals surface area contributed by atoms with Gasteiger partial charge in [-0.1, -0.05) is 33.6 Å². The molecule has 0 aromatic heterocycles. The van der Waals surface area contributed by atoms with E-state index in [1.807, 2.05) is 0 Å². The van der Waals surface area contributed by atoms with Crippen LogP contribution in [0.4, 0.5) is 0 Å². The first-order valence-corrected chi connectivity index (χ1v) is 7.05. The van der Waals surface area contributed by atoms with Gasteiger partial charge in [-0.05, 0) is 38.6 Å².